The molecule has 1 aliphatic rings. The highest BCUT2D eigenvalue weighted by Gasteiger charge is 2.51. The van der Waals surface area contributed by atoms with Gasteiger partial charge in [-0.2, -0.15) is 4.58 Å². The molecule has 0 N–H and O–H groups in total. The highest BCUT2D eigenvalue weighted by atomic mass is 32.2. The van der Waals surface area contributed by atoms with E-state index in [1.54, 1.807) is 16.3 Å². The van der Waals surface area contributed by atoms with Gasteiger partial charge in [0, 0.05) is 11.8 Å². The smallest absolute Gasteiger partial charge is 0.214 e. The first-order valence-electron chi connectivity index (χ1n) is 6.11. The Hall–Kier alpha value is -1.87. The van der Waals surface area contributed by atoms with Crippen LogP contribution in [0.2, 0.25) is 0 Å². The quantitative estimate of drug-likeness (QED) is 0.777. The summed E-state index contributed by atoms with van der Waals surface area (Å²) >= 11 is 1.65. The number of thioether (sulfide) groups is 1. The molecular weight excluding hydrogens is 254 g/mol. The molecule has 3 rings (SSSR count). The molecule has 1 unspecified atom stereocenters. The Balaban J connectivity index is 2.09. The maximum Gasteiger partial charge on any atom is 0.420 e. The summed E-state index contributed by atoms with van der Waals surface area (Å²) < 4.78 is 1.58. The highest BCUT2D eigenvalue weighted by Crippen LogP contribution is 2.47. The molecule has 19 heavy (non-hydrogen) atoms. The van der Waals surface area contributed by atoms with Crippen molar-refractivity contribution in [1.29, 1.82) is 0 Å². The van der Waals surface area contributed by atoms with Crippen LogP contribution in [0.4, 0.5) is 0 Å². The van der Waals surface area contributed by atoms with Crippen LogP contribution in [-0.4, -0.2) is 17.2 Å². The first-order chi connectivity index (χ1) is 9.13. The lowest BCUT2D eigenvalue weighted by Crippen LogP contribution is -2.28. The molecular formula is C16H14NOS+. The second kappa shape index (κ2) is 4.35. The third kappa shape index (κ3) is 1.81. The molecule has 1 heterocycles. The Kier molecular flexibility index (Phi) is 2.79. The zero-order chi connectivity index (χ0) is 13.5. The summed E-state index contributed by atoms with van der Waals surface area (Å²) in [6, 6.07) is 17.8. The van der Waals surface area contributed by atoms with Gasteiger partial charge in [0.15, 0.2) is 0 Å². The molecule has 3 heteroatoms. The van der Waals surface area contributed by atoms with Crippen LogP contribution < -0.4 is 0 Å². The Morgan fingerprint density at radius 2 is 1.68 bits per heavy atom. The fourth-order valence-corrected chi connectivity index (χ4v) is 3.62. The largest absolute Gasteiger partial charge is 0.420 e. The predicted molar refractivity (Wildman–Crippen MR) is 77.8 cm³/mol. The van der Waals surface area contributed by atoms with Gasteiger partial charge >= 0.3 is 5.91 Å². The molecule has 1 atom stereocenters. The van der Waals surface area contributed by atoms with Crippen LogP contribution in [0.5, 0.6) is 0 Å². The van der Waals surface area contributed by atoms with Crippen LogP contribution in [-0.2, 0) is 4.87 Å². The van der Waals surface area contributed by atoms with E-state index < -0.39 is 4.87 Å². The molecule has 1 amide bonds. The Morgan fingerprint density at radius 3 is 2.42 bits per heavy atom. The van der Waals surface area contributed by atoms with Crippen LogP contribution in [0.15, 0.2) is 59.5 Å². The van der Waals surface area contributed by atoms with E-state index >= 15 is 0 Å². The number of hydrogen-bond acceptors (Lipinski definition) is 2. The van der Waals surface area contributed by atoms with Crippen molar-refractivity contribution in [2.75, 3.05) is 0 Å². The van der Waals surface area contributed by atoms with E-state index in [1.165, 1.54) is 0 Å². The van der Waals surface area contributed by atoms with Crippen LogP contribution in [0.1, 0.15) is 22.8 Å². The Morgan fingerprint density at radius 1 is 1.05 bits per heavy atom. The summed E-state index contributed by atoms with van der Waals surface area (Å²) in [5.41, 5.74) is 1.78. The van der Waals surface area contributed by atoms with Gasteiger partial charge in [-0.25, -0.2) is 4.79 Å². The molecule has 0 radical (unpaired) electrons. The van der Waals surface area contributed by atoms with Crippen molar-refractivity contribution >= 4 is 24.4 Å². The molecule has 2 aromatic carbocycles. The summed E-state index contributed by atoms with van der Waals surface area (Å²) in [6.45, 7) is 5.99. The Bertz CT molecular complexity index is 665. The predicted octanol–water partition coefficient (Wildman–Crippen LogP) is 3.52. The number of fused-ring (bicyclic) bond motifs is 1. The van der Waals surface area contributed by atoms with E-state index in [2.05, 4.69) is 18.9 Å². The minimum atomic E-state index is -0.449. The topological polar surface area (TPSA) is 20.1 Å². The molecule has 2 nitrogen and oxygen atoms in total. The SMILES string of the molecule is C=[N+]1C(=O)c2ccccc2C1(C)Sc1ccccc1. The molecule has 0 bridgehead atoms. The van der Waals surface area contributed by atoms with Gasteiger partial charge in [-0.15, -0.1) is 0 Å². The minimum Gasteiger partial charge on any atom is -0.214 e. The number of carbonyl (C=O) groups is 1. The van der Waals surface area contributed by atoms with E-state index in [4.69, 9.17) is 0 Å². The van der Waals surface area contributed by atoms with Gasteiger partial charge in [-0.05, 0) is 30.0 Å². The van der Waals surface area contributed by atoms with Gasteiger partial charge in [-0.1, -0.05) is 36.4 Å². The first-order valence-corrected chi connectivity index (χ1v) is 6.93. The number of amides is 1. The standard InChI is InChI=1S/C16H14NOS/c1-16(19-12-8-4-3-5-9-12)14-11-7-6-10-13(14)15(18)17(16)2/h3-11H,2H2,1H3/q+1. The molecule has 0 aromatic heterocycles. The summed E-state index contributed by atoms with van der Waals surface area (Å²) in [7, 11) is 0. The van der Waals surface area contributed by atoms with E-state index in [1.807, 2.05) is 49.4 Å². The summed E-state index contributed by atoms with van der Waals surface area (Å²) in [5.74, 6) is -0.0125. The number of hydrogen-bond donors (Lipinski definition) is 0. The number of rotatable bonds is 2. The zero-order valence-corrected chi connectivity index (χ0v) is 11.5. The molecule has 2 aromatic rings. The molecule has 0 aliphatic carbocycles. The summed E-state index contributed by atoms with van der Waals surface area (Å²) in [5, 5.41) is 0. The van der Waals surface area contributed by atoms with Gasteiger partial charge in [0.1, 0.15) is 12.3 Å². The number of nitrogens with zero attached hydrogens (tertiary/aromatic N) is 1. The van der Waals surface area contributed by atoms with Crippen molar-refractivity contribution < 1.29 is 9.37 Å². The van der Waals surface area contributed by atoms with Crippen molar-refractivity contribution in [1.82, 2.24) is 0 Å². The average molecular weight is 268 g/mol. The van der Waals surface area contributed by atoms with Crippen LogP contribution in [0.25, 0.3) is 0 Å². The lowest BCUT2D eigenvalue weighted by molar-refractivity contribution is -0.474. The fraction of sp³-hybridized carbons (Fsp3) is 0.125. The van der Waals surface area contributed by atoms with Crippen LogP contribution in [0.3, 0.4) is 0 Å². The molecule has 0 fully saturated rings. The zero-order valence-electron chi connectivity index (χ0n) is 10.7. The third-order valence-corrected chi connectivity index (χ3v) is 4.82. The molecule has 0 saturated carbocycles. The average Bonchev–Trinajstić information content (AvgIpc) is 2.63. The van der Waals surface area contributed by atoms with Gasteiger partial charge in [0.25, 0.3) is 0 Å². The number of benzene rings is 2. The fourth-order valence-electron chi connectivity index (χ4n) is 2.39. The maximum absolute atomic E-state index is 12.3. The Labute approximate surface area is 116 Å². The molecule has 94 valence electrons. The van der Waals surface area contributed by atoms with E-state index in [-0.39, 0.29) is 5.91 Å². The van der Waals surface area contributed by atoms with Gasteiger partial charge in [-0.3, -0.25) is 0 Å². The second-order valence-electron chi connectivity index (χ2n) is 4.68. The molecule has 0 spiro atoms. The van der Waals surface area contributed by atoms with Crippen molar-refractivity contribution in [2.45, 2.75) is 16.7 Å². The van der Waals surface area contributed by atoms with Crippen LogP contribution in [0, 0.1) is 0 Å². The van der Waals surface area contributed by atoms with Crippen molar-refractivity contribution in [2.24, 2.45) is 0 Å². The van der Waals surface area contributed by atoms with E-state index in [0.717, 1.165) is 16.0 Å². The summed E-state index contributed by atoms with van der Waals surface area (Å²) in [4.78, 5) is 12.9. The van der Waals surface area contributed by atoms with E-state index in [0.29, 0.717) is 0 Å². The lowest BCUT2D eigenvalue weighted by atomic mass is 10.1. The number of carbonyl (C=O) groups excluding carboxylic acids is 1. The van der Waals surface area contributed by atoms with Gasteiger partial charge in [0.2, 0.25) is 4.87 Å². The maximum atomic E-state index is 12.3. The monoisotopic (exact) mass is 268 g/mol. The van der Waals surface area contributed by atoms with Crippen molar-refractivity contribution in [3.63, 3.8) is 0 Å². The van der Waals surface area contributed by atoms with Gasteiger partial charge < -0.3 is 0 Å². The van der Waals surface area contributed by atoms with Crippen molar-refractivity contribution in [3.8, 4) is 0 Å². The molecule has 1 aliphatic heterocycles. The summed E-state index contributed by atoms with van der Waals surface area (Å²) in [6.07, 6.45) is 0. The van der Waals surface area contributed by atoms with Gasteiger partial charge in [0.05, 0.1) is 5.56 Å². The molecule has 0 saturated heterocycles. The van der Waals surface area contributed by atoms with Crippen LogP contribution >= 0.6 is 11.8 Å². The second-order valence-corrected chi connectivity index (χ2v) is 6.15. The van der Waals surface area contributed by atoms with Crippen molar-refractivity contribution in [3.05, 3.63) is 65.7 Å². The lowest BCUT2D eigenvalue weighted by Gasteiger charge is -2.18. The highest BCUT2D eigenvalue weighted by molar-refractivity contribution is 8.00. The first kappa shape index (κ1) is 12.2. The third-order valence-electron chi connectivity index (χ3n) is 3.48. The minimum absolute atomic E-state index is 0.0125. The van der Waals surface area contributed by atoms with E-state index in [9.17, 15) is 4.79 Å². The normalized spacial score (nSPS) is 21.5.